The van der Waals surface area contributed by atoms with Crippen LogP contribution in [0.1, 0.15) is 31.1 Å². The zero-order chi connectivity index (χ0) is 24.3. The van der Waals surface area contributed by atoms with Crippen molar-refractivity contribution in [3.05, 3.63) is 101 Å². The van der Waals surface area contributed by atoms with Gasteiger partial charge in [0.25, 0.3) is 0 Å². The number of allylic oxidation sites excluding steroid dienone is 1. The molecule has 1 fully saturated rings. The summed E-state index contributed by atoms with van der Waals surface area (Å²) in [5.74, 6) is -0.872. The molecule has 3 atom stereocenters. The molecular formula is C28H24Cl2N2O2. The Bertz CT molecular complexity index is 1250. The van der Waals surface area contributed by atoms with Gasteiger partial charge in [0.2, 0.25) is 6.10 Å². The van der Waals surface area contributed by atoms with Crippen molar-refractivity contribution in [3.8, 4) is 6.07 Å². The van der Waals surface area contributed by atoms with Gasteiger partial charge in [-0.25, -0.2) is 0 Å². The number of carbonyl (C=O) groups is 1. The highest BCUT2D eigenvalue weighted by molar-refractivity contribution is 6.48. The molecule has 6 heteroatoms. The molecule has 0 radical (unpaired) electrons. The fraction of sp³-hybridized carbons (Fsp3) is 0.214. The number of carbonyl (C=O) groups excluding carboxylic acids is 1. The third kappa shape index (κ3) is 5.28. The first-order valence-corrected chi connectivity index (χ1v) is 11.7. The van der Waals surface area contributed by atoms with Crippen molar-refractivity contribution in [2.75, 3.05) is 5.32 Å². The smallest absolute Gasteiger partial charge is 0.311 e. The summed E-state index contributed by atoms with van der Waals surface area (Å²) in [4.78, 5) is 13.0. The van der Waals surface area contributed by atoms with Crippen LogP contribution in [0.25, 0.3) is 5.03 Å². The number of hydrogen-bond donors (Lipinski definition) is 1. The number of anilines is 2. The second-order valence-corrected chi connectivity index (χ2v) is 9.75. The predicted molar refractivity (Wildman–Crippen MR) is 137 cm³/mol. The number of hydrogen-bond acceptors (Lipinski definition) is 4. The molecule has 3 unspecified atom stereocenters. The molecule has 1 N–H and O–H groups in total. The summed E-state index contributed by atoms with van der Waals surface area (Å²) in [5.41, 5.74) is 2.86. The van der Waals surface area contributed by atoms with Crippen LogP contribution in [-0.4, -0.2) is 5.97 Å². The van der Waals surface area contributed by atoms with Gasteiger partial charge in [-0.05, 0) is 53.3 Å². The maximum Gasteiger partial charge on any atom is 0.311 e. The molecule has 0 amide bonds. The van der Waals surface area contributed by atoms with E-state index in [9.17, 15) is 10.1 Å². The molecule has 0 bridgehead atoms. The van der Waals surface area contributed by atoms with Crippen LogP contribution >= 0.6 is 23.2 Å². The van der Waals surface area contributed by atoms with Gasteiger partial charge in [0.05, 0.1) is 5.92 Å². The molecule has 0 heterocycles. The van der Waals surface area contributed by atoms with E-state index in [1.54, 1.807) is 18.2 Å². The molecular weight excluding hydrogens is 467 g/mol. The molecule has 0 aromatic heterocycles. The van der Waals surface area contributed by atoms with Gasteiger partial charge in [0, 0.05) is 27.0 Å². The maximum absolute atomic E-state index is 13.0. The Balaban J connectivity index is 1.46. The first-order chi connectivity index (χ1) is 16.3. The van der Waals surface area contributed by atoms with Gasteiger partial charge >= 0.3 is 5.97 Å². The van der Waals surface area contributed by atoms with Crippen LogP contribution in [0.4, 0.5) is 11.4 Å². The minimum absolute atomic E-state index is 0.0893. The standard InChI is InChI=1S/C28H24Cl2N2O2/c1-28(2)23(16-24(30)18-11-13-20(29)14-12-18)26(28)27(33)34-25(17-31)19-7-6-10-22(15-19)32-21-8-4-3-5-9-21/h3-16,23,25-26,32H,1-2H3. The van der Waals surface area contributed by atoms with Gasteiger partial charge in [-0.3, -0.25) is 4.79 Å². The average molecular weight is 491 g/mol. The lowest BCUT2D eigenvalue weighted by Crippen LogP contribution is -2.14. The van der Waals surface area contributed by atoms with Gasteiger partial charge < -0.3 is 10.1 Å². The molecule has 1 aliphatic carbocycles. The Kier molecular flexibility index (Phi) is 6.97. The Hall–Kier alpha value is -3.26. The fourth-order valence-corrected chi connectivity index (χ4v) is 4.52. The zero-order valence-electron chi connectivity index (χ0n) is 18.8. The van der Waals surface area contributed by atoms with Gasteiger partial charge in [-0.1, -0.05) is 85.6 Å². The summed E-state index contributed by atoms with van der Waals surface area (Å²) in [6.07, 6.45) is 0.889. The molecule has 0 aliphatic heterocycles. The molecule has 3 aromatic carbocycles. The summed E-state index contributed by atoms with van der Waals surface area (Å²) >= 11 is 12.5. The molecule has 1 aliphatic rings. The SMILES string of the molecule is CC1(C)C(C=C(Cl)c2ccc(Cl)cc2)C1C(=O)OC(C#N)c1cccc(Nc2ccccc2)c1. The van der Waals surface area contributed by atoms with Crippen LogP contribution in [0, 0.1) is 28.6 Å². The van der Waals surface area contributed by atoms with Crippen LogP contribution in [0.3, 0.4) is 0 Å². The first-order valence-electron chi connectivity index (χ1n) is 10.9. The zero-order valence-corrected chi connectivity index (χ0v) is 20.3. The highest BCUT2D eigenvalue weighted by Gasteiger charge is 2.62. The van der Waals surface area contributed by atoms with E-state index in [1.165, 1.54) is 0 Å². The third-order valence-electron chi connectivity index (χ3n) is 6.21. The molecule has 34 heavy (non-hydrogen) atoms. The number of halogens is 2. The number of nitriles is 1. The van der Waals surface area contributed by atoms with E-state index in [0.29, 0.717) is 15.6 Å². The molecule has 172 valence electrons. The van der Waals surface area contributed by atoms with Gasteiger partial charge in [0.15, 0.2) is 0 Å². The normalized spacial score (nSPS) is 19.6. The van der Waals surface area contributed by atoms with E-state index < -0.39 is 12.1 Å². The molecule has 0 spiro atoms. The second-order valence-electron chi connectivity index (χ2n) is 8.91. The highest BCUT2D eigenvalue weighted by Crippen LogP contribution is 2.60. The van der Waals surface area contributed by atoms with Gasteiger partial charge in [0.1, 0.15) is 6.07 Å². The van der Waals surface area contributed by atoms with Crippen LogP contribution < -0.4 is 5.32 Å². The van der Waals surface area contributed by atoms with Crippen LogP contribution in [0.5, 0.6) is 0 Å². The fourth-order valence-electron chi connectivity index (χ4n) is 4.13. The number of esters is 1. The number of ether oxygens (including phenoxy) is 1. The summed E-state index contributed by atoms with van der Waals surface area (Å²) in [5, 5.41) is 14.2. The average Bonchev–Trinajstić information content (AvgIpc) is 3.38. The van der Waals surface area contributed by atoms with E-state index in [2.05, 4.69) is 11.4 Å². The molecule has 3 aromatic rings. The Morgan fingerprint density at radius 2 is 1.74 bits per heavy atom. The molecule has 1 saturated carbocycles. The lowest BCUT2D eigenvalue weighted by atomic mass is 10.1. The number of benzene rings is 3. The van der Waals surface area contributed by atoms with Crippen molar-refractivity contribution in [2.24, 2.45) is 17.3 Å². The highest BCUT2D eigenvalue weighted by atomic mass is 35.5. The van der Waals surface area contributed by atoms with Crippen LogP contribution in [0.2, 0.25) is 5.02 Å². The van der Waals surface area contributed by atoms with Crippen molar-refractivity contribution in [1.82, 2.24) is 0 Å². The monoisotopic (exact) mass is 490 g/mol. The van der Waals surface area contributed by atoms with Gasteiger partial charge in [-0.15, -0.1) is 0 Å². The third-order valence-corrected chi connectivity index (χ3v) is 6.81. The molecule has 4 nitrogen and oxygen atoms in total. The second kappa shape index (κ2) is 9.93. The van der Waals surface area contributed by atoms with Crippen molar-refractivity contribution < 1.29 is 9.53 Å². The minimum Gasteiger partial charge on any atom is -0.442 e. The number of rotatable bonds is 7. The molecule has 4 rings (SSSR count). The quantitative estimate of drug-likeness (QED) is 0.344. The first kappa shape index (κ1) is 23.9. The van der Waals surface area contributed by atoms with Crippen molar-refractivity contribution >= 4 is 45.6 Å². The Labute approximate surface area is 209 Å². The van der Waals surface area contributed by atoms with E-state index in [-0.39, 0.29) is 17.3 Å². The lowest BCUT2D eigenvalue weighted by Gasteiger charge is -2.14. The molecule has 0 saturated heterocycles. The van der Waals surface area contributed by atoms with Crippen LogP contribution in [-0.2, 0) is 9.53 Å². The maximum atomic E-state index is 13.0. The summed E-state index contributed by atoms with van der Waals surface area (Å²) in [7, 11) is 0. The minimum atomic E-state index is -1.00. The summed E-state index contributed by atoms with van der Waals surface area (Å²) in [6.45, 7) is 4.00. The van der Waals surface area contributed by atoms with E-state index in [0.717, 1.165) is 16.9 Å². The van der Waals surface area contributed by atoms with Crippen molar-refractivity contribution in [3.63, 3.8) is 0 Å². The van der Waals surface area contributed by atoms with E-state index in [1.807, 2.05) is 80.6 Å². The summed E-state index contributed by atoms with van der Waals surface area (Å²) in [6, 6.07) is 26.4. The Morgan fingerprint density at radius 3 is 2.41 bits per heavy atom. The largest absolute Gasteiger partial charge is 0.442 e. The lowest BCUT2D eigenvalue weighted by molar-refractivity contribution is -0.149. The number of nitrogens with one attached hydrogen (secondary N) is 1. The van der Waals surface area contributed by atoms with Crippen molar-refractivity contribution in [1.29, 1.82) is 5.26 Å². The predicted octanol–water partition coefficient (Wildman–Crippen LogP) is 7.74. The summed E-state index contributed by atoms with van der Waals surface area (Å²) < 4.78 is 5.67. The van der Waals surface area contributed by atoms with Crippen molar-refractivity contribution in [2.45, 2.75) is 20.0 Å². The van der Waals surface area contributed by atoms with E-state index >= 15 is 0 Å². The number of nitrogens with zero attached hydrogens (tertiary/aromatic N) is 1. The van der Waals surface area contributed by atoms with E-state index in [4.69, 9.17) is 27.9 Å². The number of para-hydroxylation sites is 1. The topological polar surface area (TPSA) is 62.1 Å². The van der Waals surface area contributed by atoms with Crippen LogP contribution in [0.15, 0.2) is 84.9 Å². The Morgan fingerprint density at radius 1 is 1.06 bits per heavy atom. The van der Waals surface area contributed by atoms with Gasteiger partial charge in [-0.2, -0.15) is 5.26 Å².